The molecule has 3 aromatic carbocycles. The van der Waals surface area contributed by atoms with E-state index in [9.17, 15) is 4.79 Å². The minimum Gasteiger partial charge on any atom is -0.493 e. The predicted octanol–water partition coefficient (Wildman–Crippen LogP) is 5.89. The van der Waals surface area contributed by atoms with Gasteiger partial charge in [0.1, 0.15) is 6.61 Å². The first-order valence-electron chi connectivity index (χ1n) is 8.77. The lowest BCUT2D eigenvalue weighted by atomic mass is 10.1. The minimum absolute atomic E-state index is 0.0607. The van der Waals surface area contributed by atoms with Crippen LogP contribution in [-0.4, -0.2) is 18.2 Å². The molecular formula is C22H19Cl2NO4. The van der Waals surface area contributed by atoms with Crippen LogP contribution < -0.4 is 14.8 Å². The second kappa shape index (κ2) is 9.54. The van der Waals surface area contributed by atoms with Crippen LogP contribution in [0.5, 0.6) is 11.5 Å². The number of halogens is 2. The fourth-order valence-electron chi connectivity index (χ4n) is 2.76. The van der Waals surface area contributed by atoms with Gasteiger partial charge in [0.05, 0.1) is 17.7 Å². The smallest absolute Gasteiger partial charge is 0.337 e. The van der Waals surface area contributed by atoms with Crippen LogP contribution in [0.2, 0.25) is 10.0 Å². The molecule has 150 valence electrons. The first kappa shape index (κ1) is 20.8. The standard InChI is InChI=1S/C22H19Cl2NO4/c1-28-20-4-2-3-15(21(20)29-13-14-5-7-16(23)8-6-14)12-25-17-9-10-18(22(26)27)19(24)11-17/h2-11,25H,12-13H2,1H3,(H,26,27). The first-order valence-corrected chi connectivity index (χ1v) is 9.53. The Morgan fingerprint density at radius 3 is 2.48 bits per heavy atom. The normalized spacial score (nSPS) is 10.4. The quantitative estimate of drug-likeness (QED) is 0.465. The average molecular weight is 432 g/mol. The van der Waals surface area contributed by atoms with Gasteiger partial charge in [-0.25, -0.2) is 4.79 Å². The van der Waals surface area contributed by atoms with Gasteiger partial charge in [0.2, 0.25) is 0 Å². The van der Waals surface area contributed by atoms with Gasteiger partial charge in [-0.3, -0.25) is 0 Å². The highest BCUT2D eigenvalue weighted by Crippen LogP contribution is 2.33. The van der Waals surface area contributed by atoms with Crippen LogP contribution in [0.3, 0.4) is 0 Å². The number of ether oxygens (including phenoxy) is 2. The van der Waals surface area contributed by atoms with E-state index in [0.29, 0.717) is 35.4 Å². The van der Waals surface area contributed by atoms with Crippen LogP contribution in [0.1, 0.15) is 21.5 Å². The third-order valence-corrected chi connectivity index (χ3v) is 4.82. The summed E-state index contributed by atoms with van der Waals surface area (Å²) in [5.74, 6) is 0.190. The van der Waals surface area contributed by atoms with Crippen molar-refractivity contribution in [1.82, 2.24) is 0 Å². The number of hydrogen-bond acceptors (Lipinski definition) is 4. The van der Waals surface area contributed by atoms with Crippen molar-refractivity contribution >= 4 is 34.9 Å². The van der Waals surface area contributed by atoms with Gasteiger partial charge in [-0.15, -0.1) is 0 Å². The van der Waals surface area contributed by atoms with Gasteiger partial charge in [-0.1, -0.05) is 47.5 Å². The van der Waals surface area contributed by atoms with Gasteiger partial charge in [-0.2, -0.15) is 0 Å². The monoisotopic (exact) mass is 431 g/mol. The van der Waals surface area contributed by atoms with Crippen LogP contribution in [0, 0.1) is 0 Å². The molecule has 3 rings (SSSR count). The Morgan fingerprint density at radius 1 is 1.07 bits per heavy atom. The van der Waals surface area contributed by atoms with Crippen molar-refractivity contribution in [3.05, 3.63) is 87.4 Å². The third kappa shape index (κ3) is 5.34. The summed E-state index contributed by atoms with van der Waals surface area (Å²) in [5, 5.41) is 13.2. The van der Waals surface area contributed by atoms with Crippen LogP contribution >= 0.6 is 23.2 Å². The Hall–Kier alpha value is -2.89. The SMILES string of the molecule is COc1cccc(CNc2ccc(C(=O)O)c(Cl)c2)c1OCc1ccc(Cl)cc1. The molecule has 0 atom stereocenters. The molecule has 0 aliphatic carbocycles. The lowest BCUT2D eigenvalue weighted by Gasteiger charge is -2.16. The van der Waals surface area contributed by atoms with E-state index >= 15 is 0 Å². The van der Waals surface area contributed by atoms with Crippen molar-refractivity contribution in [2.24, 2.45) is 0 Å². The summed E-state index contributed by atoms with van der Waals surface area (Å²) in [6, 6.07) is 17.8. The molecule has 0 aliphatic heterocycles. The number of para-hydroxylation sites is 1. The highest BCUT2D eigenvalue weighted by atomic mass is 35.5. The molecule has 0 radical (unpaired) electrons. The third-order valence-electron chi connectivity index (χ3n) is 4.26. The highest BCUT2D eigenvalue weighted by Gasteiger charge is 2.12. The Labute approximate surface area is 178 Å². The Bertz CT molecular complexity index is 1010. The molecule has 7 heteroatoms. The summed E-state index contributed by atoms with van der Waals surface area (Å²) in [5.41, 5.74) is 2.63. The van der Waals surface area contributed by atoms with Crippen LogP contribution in [0.25, 0.3) is 0 Å². The number of aromatic carboxylic acids is 1. The fourth-order valence-corrected chi connectivity index (χ4v) is 3.14. The van der Waals surface area contributed by atoms with E-state index < -0.39 is 5.97 Å². The second-order valence-corrected chi connectivity index (χ2v) is 7.06. The average Bonchev–Trinajstić information content (AvgIpc) is 2.71. The van der Waals surface area contributed by atoms with Crippen molar-refractivity contribution in [2.45, 2.75) is 13.2 Å². The molecular weight excluding hydrogens is 413 g/mol. The molecule has 0 amide bonds. The van der Waals surface area contributed by atoms with Gasteiger partial charge in [0.15, 0.2) is 11.5 Å². The molecule has 29 heavy (non-hydrogen) atoms. The lowest BCUT2D eigenvalue weighted by Crippen LogP contribution is -2.06. The van der Waals surface area contributed by atoms with Gasteiger partial charge in [0.25, 0.3) is 0 Å². The van der Waals surface area contributed by atoms with E-state index in [2.05, 4.69) is 5.32 Å². The molecule has 0 fully saturated rings. The fraction of sp³-hybridized carbons (Fsp3) is 0.136. The summed E-state index contributed by atoms with van der Waals surface area (Å²) >= 11 is 12.0. The molecule has 0 aromatic heterocycles. The number of benzene rings is 3. The molecule has 0 unspecified atom stereocenters. The summed E-state index contributed by atoms with van der Waals surface area (Å²) in [7, 11) is 1.59. The second-order valence-electron chi connectivity index (χ2n) is 6.22. The van der Waals surface area contributed by atoms with E-state index in [0.717, 1.165) is 11.1 Å². The Morgan fingerprint density at radius 2 is 1.83 bits per heavy atom. The largest absolute Gasteiger partial charge is 0.493 e. The molecule has 0 saturated carbocycles. The number of carboxylic acid groups (broad SMARTS) is 1. The number of hydrogen-bond donors (Lipinski definition) is 2. The van der Waals surface area contributed by atoms with Gasteiger partial charge < -0.3 is 19.9 Å². The molecule has 2 N–H and O–H groups in total. The van der Waals surface area contributed by atoms with Crippen molar-refractivity contribution < 1.29 is 19.4 Å². The van der Waals surface area contributed by atoms with E-state index in [1.54, 1.807) is 19.2 Å². The molecule has 0 spiro atoms. The molecule has 5 nitrogen and oxygen atoms in total. The zero-order valence-electron chi connectivity index (χ0n) is 15.6. The minimum atomic E-state index is -1.06. The summed E-state index contributed by atoms with van der Waals surface area (Å²) in [6.07, 6.45) is 0. The number of carboxylic acids is 1. The molecule has 0 saturated heterocycles. The van der Waals surface area contributed by atoms with Crippen LogP contribution in [0.4, 0.5) is 5.69 Å². The van der Waals surface area contributed by atoms with Crippen LogP contribution in [0.15, 0.2) is 60.7 Å². The van der Waals surface area contributed by atoms with Crippen molar-refractivity contribution in [3.63, 3.8) is 0 Å². The maximum absolute atomic E-state index is 11.1. The molecule has 0 bridgehead atoms. The van der Waals surface area contributed by atoms with E-state index in [1.807, 2.05) is 42.5 Å². The highest BCUT2D eigenvalue weighted by molar-refractivity contribution is 6.33. The van der Waals surface area contributed by atoms with E-state index in [-0.39, 0.29) is 10.6 Å². The van der Waals surface area contributed by atoms with Gasteiger partial charge >= 0.3 is 5.97 Å². The molecule has 3 aromatic rings. The predicted molar refractivity (Wildman–Crippen MR) is 115 cm³/mol. The van der Waals surface area contributed by atoms with E-state index in [1.165, 1.54) is 6.07 Å². The Kier molecular flexibility index (Phi) is 6.86. The number of anilines is 1. The topological polar surface area (TPSA) is 67.8 Å². The zero-order valence-corrected chi connectivity index (χ0v) is 17.1. The molecule has 0 aliphatic rings. The number of nitrogens with one attached hydrogen (secondary N) is 1. The number of methoxy groups -OCH3 is 1. The number of rotatable bonds is 8. The summed E-state index contributed by atoms with van der Waals surface area (Å²) in [6.45, 7) is 0.805. The van der Waals surface area contributed by atoms with Gasteiger partial charge in [-0.05, 0) is 42.0 Å². The molecule has 0 heterocycles. The number of carbonyl (C=O) groups is 1. The van der Waals surface area contributed by atoms with Crippen molar-refractivity contribution in [1.29, 1.82) is 0 Å². The van der Waals surface area contributed by atoms with Crippen LogP contribution in [-0.2, 0) is 13.2 Å². The van der Waals surface area contributed by atoms with E-state index in [4.69, 9.17) is 37.8 Å². The maximum atomic E-state index is 11.1. The van der Waals surface area contributed by atoms with Gasteiger partial charge in [0, 0.05) is 22.8 Å². The van der Waals surface area contributed by atoms with Crippen molar-refractivity contribution in [2.75, 3.05) is 12.4 Å². The maximum Gasteiger partial charge on any atom is 0.337 e. The Balaban J connectivity index is 1.76. The zero-order chi connectivity index (χ0) is 20.8. The lowest BCUT2D eigenvalue weighted by molar-refractivity contribution is 0.0697. The summed E-state index contributed by atoms with van der Waals surface area (Å²) in [4.78, 5) is 11.1. The first-order chi connectivity index (χ1) is 14.0. The van der Waals surface area contributed by atoms with Crippen molar-refractivity contribution in [3.8, 4) is 11.5 Å². The summed E-state index contributed by atoms with van der Waals surface area (Å²) < 4.78 is 11.5.